The minimum Gasteiger partial charge on any atom is -0.351 e. The summed E-state index contributed by atoms with van der Waals surface area (Å²) in [5, 5.41) is 0. The molecule has 0 spiro atoms. The zero-order valence-corrected chi connectivity index (χ0v) is 14.5. The minimum absolute atomic E-state index is 0.0541. The van der Waals surface area contributed by atoms with E-state index < -0.39 is 0 Å². The lowest BCUT2D eigenvalue weighted by atomic mass is 9.88. The van der Waals surface area contributed by atoms with Crippen LogP contribution in [0, 0.1) is 0 Å². The Kier molecular flexibility index (Phi) is 4.81. The van der Waals surface area contributed by atoms with E-state index >= 15 is 0 Å². The molecule has 1 aromatic rings. The third-order valence-electron chi connectivity index (χ3n) is 4.53. The van der Waals surface area contributed by atoms with Gasteiger partial charge in [-0.25, -0.2) is 4.79 Å². The highest BCUT2D eigenvalue weighted by atomic mass is 16.2. The summed E-state index contributed by atoms with van der Waals surface area (Å²) in [5.41, 5.74) is 8.26. The van der Waals surface area contributed by atoms with Crippen LogP contribution in [0.15, 0.2) is 24.3 Å². The highest BCUT2D eigenvalue weighted by Crippen LogP contribution is 2.35. The van der Waals surface area contributed by atoms with Gasteiger partial charge in [0.15, 0.2) is 0 Å². The number of piperazine rings is 1. The van der Waals surface area contributed by atoms with E-state index in [0.717, 1.165) is 6.54 Å². The molecular weight excluding hydrogens is 274 g/mol. The molecule has 1 aliphatic heterocycles. The molecule has 4 heteroatoms. The summed E-state index contributed by atoms with van der Waals surface area (Å²) in [5.74, 6) is 0.460. The van der Waals surface area contributed by atoms with Crippen LogP contribution in [-0.4, -0.2) is 41.0 Å². The maximum absolute atomic E-state index is 11.6. The fraction of sp³-hybridized carbons (Fsp3) is 0.611. The predicted octanol–water partition coefficient (Wildman–Crippen LogP) is 3.35. The normalized spacial score (nSPS) is 20.5. The van der Waals surface area contributed by atoms with E-state index in [0.29, 0.717) is 19.0 Å². The molecule has 4 nitrogen and oxygen atoms in total. The number of urea groups is 1. The molecule has 1 saturated heterocycles. The van der Waals surface area contributed by atoms with Gasteiger partial charge >= 0.3 is 6.03 Å². The summed E-state index contributed by atoms with van der Waals surface area (Å²) in [4.78, 5) is 15.9. The summed E-state index contributed by atoms with van der Waals surface area (Å²) < 4.78 is 0. The van der Waals surface area contributed by atoms with Crippen molar-refractivity contribution in [3.63, 3.8) is 0 Å². The Bertz CT molecular complexity index is 533. The monoisotopic (exact) mass is 303 g/mol. The summed E-state index contributed by atoms with van der Waals surface area (Å²) >= 11 is 0. The van der Waals surface area contributed by atoms with Gasteiger partial charge in [-0.2, -0.15) is 0 Å². The van der Waals surface area contributed by atoms with Crippen molar-refractivity contribution in [2.24, 2.45) is 5.73 Å². The van der Waals surface area contributed by atoms with Crippen LogP contribution in [0.1, 0.15) is 57.7 Å². The number of carbonyl (C=O) groups is 1. The van der Waals surface area contributed by atoms with Crippen LogP contribution in [0.25, 0.3) is 0 Å². The van der Waals surface area contributed by atoms with E-state index in [9.17, 15) is 4.79 Å². The zero-order chi connectivity index (χ0) is 16.5. The Morgan fingerprint density at radius 2 is 1.86 bits per heavy atom. The number of nitrogens with zero attached hydrogens (tertiary/aromatic N) is 2. The lowest BCUT2D eigenvalue weighted by molar-refractivity contribution is 0.0227. The quantitative estimate of drug-likeness (QED) is 0.911. The SMILES string of the molecule is CC(C)c1ccccc1C1CN(C(N)=O)CCN1C(C)(C)C. The summed E-state index contributed by atoms with van der Waals surface area (Å²) in [6.07, 6.45) is 0. The minimum atomic E-state index is -0.319. The maximum atomic E-state index is 11.6. The molecule has 2 amide bonds. The van der Waals surface area contributed by atoms with Crippen molar-refractivity contribution < 1.29 is 4.79 Å². The average Bonchev–Trinajstić information content (AvgIpc) is 2.45. The number of nitrogens with two attached hydrogens (primary N) is 1. The summed E-state index contributed by atoms with van der Waals surface area (Å²) in [6.45, 7) is 13.4. The second kappa shape index (κ2) is 6.29. The molecule has 1 aromatic carbocycles. The smallest absolute Gasteiger partial charge is 0.314 e. The molecule has 0 radical (unpaired) electrons. The molecule has 1 atom stereocenters. The molecule has 0 aliphatic carbocycles. The number of rotatable bonds is 2. The van der Waals surface area contributed by atoms with Crippen LogP contribution in [0.5, 0.6) is 0 Å². The van der Waals surface area contributed by atoms with Gasteiger partial charge in [0.2, 0.25) is 0 Å². The molecule has 1 heterocycles. The first-order valence-electron chi connectivity index (χ1n) is 8.11. The van der Waals surface area contributed by atoms with Crippen LogP contribution < -0.4 is 5.73 Å². The van der Waals surface area contributed by atoms with Gasteiger partial charge in [0.25, 0.3) is 0 Å². The Hall–Kier alpha value is -1.55. The second-order valence-electron chi connectivity index (χ2n) is 7.45. The first-order chi connectivity index (χ1) is 10.2. The molecule has 0 bridgehead atoms. The standard InChI is InChI=1S/C18H29N3O/c1-13(2)14-8-6-7-9-15(14)16-12-20(17(19)22)10-11-21(16)18(3,4)5/h6-9,13,16H,10-12H2,1-5H3,(H2,19,22). The number of primary amides is 1. The van der Waals surface area contributed by atoms with Gasteiger partial charge in [-0.05, 0) is 37.8 Å². The van der Waals surface area contributed by atoms with Crippen molar-refractivity contribution in [2.45, 2.75) is 52.1 Å². The number of amides is 2. The van der Waals surface area contributed by atoms with Gasteiger partial charge in [-0.1, -0.05) is 38.1 Å². The Labute approximate surface area is 134 Å². The van der Waals surface area contributed by atoms with Gasteiger partial charge < -0.3 is 10.6 Å². The van der Waals surface area contributed by atoms with Crippen LogP contribution >= 0.6 is 0 Å². The molecule has 22 heavy (non-hydrogen) atoms. The van der Waals surface area contributed by atoms with Gasteiger partial charge in [-0.3, -0.25) is 4.90 Å². The second-order valence-corrected chi connectivity index (χ2v) is 7.45. The lowest BCUT2D eigenvalue weighted by Crippen LogP contribution is -2.57. The number of benzene rings is 1. The molecule has 2 N–H and O–H groups in total. The Balaban J connectivity index is 2.43. The number of carbonyl (C=O) groups excluding carboxylic acids is 1. The molecule has 1 unspecified atom stereocenters. The number of hydrogen-bond donors (Lipinski definition) is 1. The van der Waals surface area contributed by atoms with E-state index in [2.05, 4.69) is 63.8 Å². The zero-order valence-electron chi connectivity index (χ0n) is 14.5. The van der Waals surface area contributed by atoms with E-state index in [-0.39, 0.29) is 17.6 Å². The van der Waals surface area contributed by atoms with Gasteiger partial charge in [0.1, 0.15) is 0 Å². The van der Waals surface area contributed by atoms with Gasteiger partial charge in [0, 0.05) is 25.2 Å². The van der Waals surface area contributed by atoms with Crippen LogP contribution in [0.2, 0.25) is 0 Å². The summed E-state index contributed by atoms with van der Waals surface area (Å²) in [7, 11) is 0. The maximum Gasteiger partial charge on any atom is 0.314 e. The molecule has 1 fully saturated rings. The largest absolute Gasteiger partial charge is 0.351 e. The highest BCUT2D eigenvalue weighted by molar-refractivity contribution is 5.72. The van der Waals surface area contributed by atoms with E-state index in [4.69, 9.17) is 5.73 Å². The van der Waals surface area contributed by atoms with Crippen molar-refractivity contribution in [2.75, 3.05) is 19.6 Å². The lowest BCUT2D eigenvalue weighted by Gasteiger charge is -2.48. The number of hydrogen-bond acceptors (Lipinski definition) is 2. The highest BCUT2D eigenvalue weighted by Gasteiger charge is 2.36. The fourth-order valence-corrected chi connectivity index (χ4v) is 3.39. The molecule has 0 aromatic heterocycles. The fourth-order valence-electron chi connectivity index (χ4n) is 3.39. The first-order valence-corrected chi connectivity index (χ1v) is 8.11. The third kappa shape index (κ3) is 3.43. The molecule has 2 rings (SSSR count). The third-order valence-corrected chi connectivity index (χ3v) is 4.53. The average molecular weight is 303 g/mol. The molecule has 1 aliphatic rings. The van der Waals surface area contributed by atoms with Crippen molar-refractivity contribution in [3.05, 3.63) is 35.4 Å². The van der Waals surface area contributed by atoms with Crippen LogP contribution in [0.3, 0.4) is 0 Å². The topological polar surface area (TPSA) is 49.6 Å². The van der Waals surface area contributed by atoms with Crippen LogP contribution in [-0.2, 0) is 0 Å². The van der Waals surface area contributed by atoms with Gasteiger partial charge in [0.05, 0.1) is 6.04 Å². The van der Waals surface area contributed by atoms with E-state index in [1.54, 1.807) is 4.90 Å². The van der Waals surface area contributed by atoms with Gasteiger partial charge in [-0.15, -0.1) is 0 Å². The Morgan fingerprint density at radius 3 is 2.41 bits per heavy atom. The van der Waals surface area contributed by atoms with Crippen molar-refractivity contribution in [3.8, 4) is 0 Å². The Morgan fingerprint density at radius 1 is 1.23 bits per heavy atom. The molecule has 122 valence electrons. The molecular formula is C18H29N3O. The predicted molar refractivity (Wildman–Crippen MR) is 90.9 cm³/mol. The van der Waals surface area contributed by atoms with Crippen molar-refractivity contribution in [1.82, 2.24) is 9.80 Å². The van der Waals surface area contributed by atoms with E-state index in [1.807, 2.05) is 0 Å². The van der Waals surface area contributed by atoms with Crippen LogP contribution in [0.4, 0.5) is 4.79 Å². The first kappa shape index (κ1) is 16.8. The van der Waals surface area contributed by atoms with Crippen molar-refractivity contribution in [1.29, 1.82) is 0 Å². The van der Waals surface area contributed by atoms with Crippen molar-refractivity contribution >= 4 is 6.03 Å². The molecule has 0 saturated carbocycles. The summed E-state index contributed by atoms with van der Waals surface area (Å²) in [6, 6.07) is 8.45. The van der Waals surface area contributed by atoms with E-state index in [1.165, 1.54) is 11.1 Å².